The summed E-state index contributed by atoms with van der Waals surface area (Å²) in [7, 11) is -2.00. The second-order valence-electron chi connectivity index (χ2n) is 8.20. The molecule has 11 heteroatoms. The van der Waals surface area contributed by atoms with E-state index in [1.807, 2.05) is 0 Å². The standard InChI is InChI=1S/C26H22F2N2O6S/c1-29-26(32)24-19-11-23(35-13-21(31)15-3-7-17(27)8-4-15)20(30-14-37(2,33)34)12-22(19)36-25(24)16-5-9-18(28)10-6-16/h3-12,30H,13-14H2,1-2H3,(H,29,32). The molecule has 0 saturated carbocycles. The van der Waals surface area contributed by atoms with E-state index in [0.29, 0.717) is 10.9 Å². The van der Waals surface area contributed by atoms with Gasteiger partial charge in [-0.3, -0.25) is 9.59 Å². The van der Waals surface area contributed by atoms with E-state index < -0.39 is 45.6 Å². The lowest BCUT2D eigenvalue weighted by atomic mass is 10.0. The van der Waals surface area contributed by atoms with Crippen LogP contribution in [0.1, 0.15) is 20.7 Å². The van der Waals surface area contributed by atoms with Gasteiger partial charge in [0, 0.05) is 35.9 Å². The number of Topliss-reactive ketones (excluding diaryl/α,β-unsaturated/α-hetero) is 1. The first-order chi connectivity index (χ1) is 17.6. The normalized spacial score (nSPS) is 11.4. The summed E-state index contributed by atoms with van der Waals surface area (Å²) in [6, 6.07) is 13.2. The number of fused-ring (bicyclic) bond motifs is 1. The number of rotatable bonds is 9. The Morgan fingerprint density at radius 2 is 1.59 bits per heavy atom. The van der Waals surface area contributed by atoms with Crippen molar-refractivity contribution in [1.29, 1.82) is 0 Å². The molecule has 0 aliphatic rings. The van der Waals surface area contributed by atoms with E-state index in [0.717, 1.165) is 18.4 Å². The van der Waals surface area contributed by atoms with Crippen LogP contribution in [-0.2, 0) is 9.84 Å². The number of ether oxygens (including phenoxy) is 1. The van der Waals surface area contributed by atoms with Crippen LogP contribution in [-0.4, -0.2) is 45.9 Å². The molecule has 37 heavy (non-hydrogen) atoms. The number of hydrogen-bond acceptors (Lipinski definition) is 7. The number of halogens is 2. The van der Waals surface area contributed by atoms with Gasteiger partial charge in [-0.15, -0.1) is 0 Å². The summed E-state index contributed by atoms with van der Waals surface area (Å²) in [5, 5.41) is 5.62. The molecular weight excluding hydrogens is 506 g/mol. The van der Waals surface area contributed by atoms with E-state index in [4.69, 9.17) is 9.15 Å². The molecule has 0 aliphatic heterocycles. The Balaban J connectivity index is 1.79. The predicted molar refractivity (Wildman–Crippen MR) is 135 cm³/mol. The maximum absolute atomic E-state index is 13.5. The Hall–Kier alpha value is -4.25. The fraction of sp³-hybridized carbons (Fsp3) is 0.154. The average molecular weight is 529 g/mol. The van der Waals surface area contributed by atoms with E-state index in [2.05, 4.69) is 10.6 Å². The minimum atomic E-state index is -3.44. The molecule has 0 saturated heterocycles. The number of sulfone groups is 1. The number of hydrogen-bond donors (Lipinski definition) is 2. The van der Waals surface area contributed by atoms with E-state index >= 15 is 0 Å². The van der Waals surface area contributed by atoms with Crippen molar-refractivity contribution >= 4 is 38.2 Å². The molecule has 3 aromatic carbocycles. The van der Waals surface area contributed by atoms with Gasteiger partial charge in [0.15, 0.2) is 22.2 Å². The lowest BCUT2D eigenvalue weighted by molar-refractivity contribution is 0.0920. The third-order valence-corrected chi connectivity index (χ3v) is 6.07. The lowest BCUT2D eigenvalue weighted by Gasteiger charge is -2.13. The van der Waals surface area contributed by atoms with Crippen LogP contribution in [0.3, 0.4) is 0 Å². The number of carbonyl (C=O) groups is 2. The van der Waals surface area contributed by atoms with Crippen LogP contribution in [0.2, 0.25) is 0 Å². The zero-order chi connectivity index (χ0) is 26.7. The fourth-order valence-corrected chi connectivity index (χ4v) is 4.02. The van der Waals surface area contributed by atoms with Crippen molar-refractivity contribution in [3.05, 3.63) is 83.4 Å². The number of benzene rings is 3. The highest BCUT2D eigenvalue weighted by Gasteiger charge is 2.24. The zero-order valence-corrected chi connectivity index (χ0v) is 20.6. The Morgan fingerprint density at radius 3 is 2.19 bits per heavy atom. The number of anilines is 1. The first-order valence-electron chi connectivity index (χ1n) is 11.0. The maximum atomic E-state index is 13.5. The molecule has 0 aliphatic carbocycles. The van der Waals surface area contributed by atoms with Crippen molar-refractivity contribution in [3.63, 3.8) is 0 Å². The fourth-order valence-electron chi connectivity index (χ4n) is 3.61. The Morgan fingerprint density at radius 1 is 0.973 bits per heavy atom. The van der Waals surface area contributed by atoms with Crippen LogP contribution in [0, 0.1) is 11.6 Å². The third-order valence-electron chi connectivity index (χ3n) is 5.40. The molecule has 1 amide bonds. The van der Waals surface area contributed by atoms with Crippen LogP contribution < -0.4 is 15.4 Å². The van der Waals surface area contributed by atoms with Crippen molar-refractivity contribution < 1.29 is 35.9 Å². The molecule has 0 bridgehead atoms. The van der Waals surface area contributed by atoms with E-state index in [-0.39, 0.29) is 33.9 Å². The molecule has 4 rings (SSSR count). The first kappa shape index (κ1) is 25.8. The molecule has 4 aromatic rings. The Kier molecular flexibility index (Phi) is 7.25. The molecule has 1 aromatic heterocycles. The predicted octanol–water partition coefficient (Wildman–Crippen LogP) is 4.41. The molecule has 0 radical (unpaired) electrons. The molecule has 0 fully saturated rings. The van der Waals surface area contributed by atoms with Crippen LogP contribution in [0.25, 0.3) is 22.3 Å². The number of amides is 1. The monoisotopic (exact) mass is 528 g/mol. The average Bonchev–Trinajstić information content (AvgIpc) is 3.23. The zero-order valence-electron chi connectivity index (χ0n) is 19.8. The highest BCUT2D eigenvalue weighted by Crippen LogP contribution is 2.39. The largest absolute Gasteiger partial charge is 0.483 e. The minimum Gasteiger partial charge on any atom is -0.483 e. The van der Waals surface area contributed by atoms with Gasteiger partial charge >= 0.3 is 0 Å². The summed E-state index contributed by atoms with van der Waals surface area (Å²) in [5.74, 6) is -2.06. The second-order valence-corrected chi connectivity index (χ2v) is 10.3. The van der Waals surface area contributed by atoms with E-state index in [9.17, 15) is 26.8 Å². The highest BCUT2D eigenvalue weighted by molar-refractivity contribution is 7.90. The number of furan rings is 1. The van der Waals surface area contributed by atoms with Crippen molar-refractivity contribution in [2.75, 3.05) is 31.1 Å². The lowest BCUT2D eigenvalue weighted by Crippen LogP contribution is -2.18. The van der Waals surface area contributed by atoms with Gasteiger partial charge in [-0.2, -0.15) is 0 Å². The summed E-state index contributed by atoms with van der Waals surface area (Å²) in [6.07, 6.45) is 1.04. The van der Waals surface area contributed by atoms with Crippen molar-refractivity contribution in [1.82, 2.24) is 5.32 Å². The topological polar surface area (TPSA) is 115 Å². The van der Waals surface area contributed by atoms with Gasteiger partial charge < -0.3 is 19.8 Å². The molecule has 0 atom stereocenters. The van der Waals surface area contributed by atoms with E-state index in [1.54, 1.807) is 0 Å². The van der Waals surface area contributed by atoms with Crippen LogP contribution in [0.5, 0.6) is 5.75 Å². The molecule has 192 valence electrons. The van der Waals surface area contributed by atoms with Gasteiger partial charge in [-0.25, -0.2) is 17.2 Å². The van der Waals surface area contributed by atoms with Gasteiger partial charge in [0.05, 0.1) is 11.3 Å². The van der Waals surface area contributed by atoms with Gasteiger partial charge in [0.25, 0.3) is 5.91 Å². The minimum absolute atomic E-state index is 0.0863. The summed E-state index contributed by atoms with van der Waals surface area (Å²) < 4.78 is 61.9. The molecular formula is C26H22F2N2O6S. The highest BCUT2D eigenvalue weighted by atomic mass is 32.2. The van der Waals surface area contributed by atoms with Crippen molar-refractivity contribution in [2.24, 2.45) is 0 Å². The second kappa shape index (κ2) is 10.4. The molecule has 0 spiro atoms. The SMILES string of the molecule is CNC(=O)c1c(-c2ccc(F)cc2)oc2cc(NCS(C)(=O)=O)c(OCC(=O)c3ccc(F)cc3)cc12. The molecule has 1 heterocycles. The van der Waals surface area contributed by atoms with Crippen molar-refractivity contribution in [3.8, 4) is 17.1 Å². The van der Waals surface area contributed by atoms with E-state index in [1.165, 1.54) is 55.6 Å². The smallest absolute Gasteiger partial charge is 0.255 e. The van der Waals surface area contributed by atoms with Crippen LogP contribution >= 0.6 is 0 Å². The summed E-state index contributed by atoms with van der Waals surface area (Å²) >= 11 is 0. The summed E-state index contributed by atoms with van der Waals surface area (Å²) in [6.45, 7) is -0.442. The molecule has 8 nitrogen and oxygen atoms in total. The maximum Gasteiger partial charge on any atom is 0.255 e. The van der Waals surface area contributed by atoms with Crippen LogP contribution in [0.15, 0.2) is 65.1 Å². The first-order valence-corrected chi connectivity index (χ1v) is 13.0. The van der Waals surface area contributed by atoms with Crippen LogP contribution in [0.4, 0.5) is 14.5 Å². The summed E-state index contributed by atoms with van der Waals surface area (Å²) in [5.41, 5.74) is 1.24. The van der Waals surface area contributed by atoms with Crippen molar-refractivity contribution in [2.45, 2.75) is 0 Å². The molecule has 0 unspecified atom stereocenters. The Bertz CT molecular complexity index is 1580. The third kappa shape index (κ3) is 5.95. The molecule has 2 N–H and O–H groups in total. The van der Waals surface area contributed by atoms with Gasteiger partial charge in [0.2, 0.25) is 0 Å². The number of ketones is 1. The Labute approximate surface area is 211 Å². The van der Waals surface area contributed by atoms with Gasteiger partial charge in [-0.05, 0) is 54.6 Å². The quantitative estimate of drug-likeness (QED) is 0.309. The number of carbonyl (C=O) groups excluding carboxylic acids is 2. The van der Waals surface area contributed by atoms with Gasteiger partial charge in [0.1, 0.15) is 34.6 Å². The number of nitrogens with one attached hydrogen (secondary N) is 2. The van der Waals surface area contributed by atoms with Gasteiger partial charge in [-0.1, -0.05) is 0 Å². The summed E-state index contributed by atoms with van der Waals surface area (Å²) in [4.78, 5) is 25.4.